The molecule has 5 heteroatoms. The Morgan fingerprint density at radius 2 is 0.705 bits per heavy atom. The fourth-order valence-electron chi connectivity index (χ4n) is 20.6. The van der Waals surface area contributed by atoms with Crippen LogP contribution in [0.3, 0.4) is 0 Å². The highest BCUT2D eigenvalue weighted by Crippen LogP contribution is 2.61. The number of fused-ring (bicyclic) bond motifs is 14. The molecule has 0 bridgehead atoms. The molecule has 594 valence electrons. The van der Waals surface area contributed by atoms with Gasteiger partial charge in [-0.1, -0.05) is 401 Å². The van der Waals surface area contributed by atoms with Crippen LogP contribution in [-0.4, -0.2) is 11.3 Å². The maximum Gasteiger partial charge on any atom is 0.252 e. The molecule has 16 aromatic carbocycles. The first kappa shape index (κ1) is 76.2. The zero-order chi connectivity index (χ0) is 83.8. The molecule has 4 nitrogen and oxygen atoms in total. The second kappa shape index (κ2) is 27.9. The maximum atomic E-state index is 7.09. The van der Waals surface area contributed by atoms with Gasteiger partial charge in [-0.05, 0) is 181 Å². The molecular formula is C117H102BN3O. The lowest BCUT2D eigenvalue weighted by atomic mass is 9.33. The summed E-state index contributed by atoms with van der Waals surface area (Å²) in [5.41, 5.74) is 39.4. The predicted octanol–water partition coefficient (Wildman–Crippen LogP) is 30.0. The lowest BCUT2D eigenvalue weighted by Crippen LogP contribution is -2.61. The van der Waals surface area contributed by atoms with Crippen LogP contribution in [0.25, 0.3) is 116 Å². The number of anilines is 6. The van der Waals surface area contributed by atoms with Crippen LogP contribution in [0.2, 0.25) is 0 Å². The van der Waals surface area contributed by atoms with Crippen molar-refractivity contribution in [2.24, 2.45) is 0 Å². The van der Waals surface area contributed by atoms with E-state index in [9.17, 15) is 0 Å². The summed E-state index contributed by atoms with van der Waals surface area (Å²) in [5.74, 6) is 0. The number of hydrogen-bond acceptors (Lipinski definition) is 3. The van der Waals surface area contributed by atoms with Crippen molar-refractivity contribution in [2.45, 2.75) is 136 Å². The molecular weight excluding hydrogens is 1470 g/mol. The molecule has 4 heterocycles. The summed E-state index contributed by atoms with van der Waals surface area (Å²) in [6, 6.07) is 133. The molecule has 0 radical (unpaired) electrons. The summed E-state index contributed by atoms with van der Waals surface area (Å²) in [6.07, 6.45) is 0. The van der Waals surface area contributed by atoms with Gasteiger partial charge in [0.15, 0.2) is 0 Å². The molecule has 0 amide bonds. The minimum Gasteiger partial charge on any atom is -0.455 e. The van der Waals surface area contributed by atoms with Crippen LogP contribution in [0.15, 0.2) is 350 Å². The maximum absolute atomic E-state index is 7.09. The average Bonchev–Trinajstić information content (AvgIpc) is 1.60. The Hall–Kier alpha value is -13.2. The second-order valence-corrected chi connectivity index (χ2v) is 39.6. The van der Waals surface area contributed by atoms with Gasteiger partial charge in [0.25, 0.3) is 6.71 Å². The summed E-state index contributed by atoms with van der Waals surface area (Å²) in [7, 11) is 0. The van der Waals surface area contributed by atoms with Crippen molar-refractivity contribution in [3.8, 4) is 72.4 Å². The van der Waals surface area contributed by atoms with Crippen LogP contribution in [-0.2, 0) is 32.5 Å². The minimum absolute atomic E-state index is 0.0578. The first-order valence-corrected chi connectivity index (χ1v) is 43.6. The van der Waals surface area contributed by atoms with E-state index in [0.29, 0.717) is 0 Å². The van der Waals surface area contributed by atoms with E-state index < -0.39 is 5.41 Å². The molecule has 18 aromatic rings. The Morgan fingerprint density at radius 1 is 0.279 bits per heavy atom. The smallest absolute Gasteiger partial charge is 0.252 e. The van der Waals surface area contributed by atoms with Crippen LogP contribution in [0, 0.1) is 0 Å². The standard InChI is InChI=1S/C117H102BN3O/c1-112(2,3)78-56-47-73(48-57-78)86-38-28-39-87(74-49-58-79(59-50-74)113(4,5)6)109(86)120-100-67-55-77(90-42-30-43-94-92-36-24-27-46-105(92)122-111(90)94)69-98(100)118-97-66-64-85(119-99-45-26-23-37-95(99)106-101(119)68-65-93-91-35-22-25-44-96(91)117(107(93)106,82-31-18-16-19-32-82)83-33-20-17-21-34-83)72-102(97)121(104-71-84(116(13,14)15)70-103(120)108(104)118)110-88(75-51-60-80(61-52-75)114(7,8)9)40-29-41-89(110)76-53-62-81(63-54-76)115(10,11)12/h16-72H,1-15H3. The molecule has 122 heavy (non-hydrogen) atoms. The van der Waals surface area contributed by atoms with Crippen molar-refractivity contribution >= 4 is 101 Å². The van der Waals surface area contributed by atoms with Gasteiger partial charge >= 0.3 is 0 Å². The molecule has 1 aliphatic carbocycles. The number of hydrogen-bond donors (Lipinski definition) is 0. The van der Waals surface area contributed by atoms with Crippen molar-refractivity contribution < 1.29 is 4.42 Å². The molecule has 0 saturated heterocycles. The number of rotatable bonds is 10. The molecule has 0 N–H and O–H groups in total. The Morgan fingerprint density at radius 3 is 1.22 bits per heavy atom. The van der Waals surface area contributed by atoms with E-state index in [1.54, 1.807) is 0 Å². The van der Waals surface area contributed by atoms with Crippen molar-refractivity contribution in [1.29, 1.82) is 0 Å². The van der Waals surface area contributed by atoms with Gasteiger partial charge in [0.1, 0.15) is 11.2 Å². The van der Waals surface area contributed by atoms with Gasteiger partial charge in [0.05, 0.1) is 27.8 Å². The Balaban J connectivity index is 0.917. The zero-order valence-electron chi connectivity index (χ0n) is 72.7. The van der Waals surface area contributed by atoms with E-state index in [0.717, 1.165) is 128 Å². The van der Waals surface area contributed by atoms with Crippen molar-refractivity contribution in [3.05, 3.63) is 396 Å². The van der Waals surface area contributed by atoms with Crippen LogP contribution in [0.4, 0.5) is 34.1 Å². The second-order valence-electron chi connectivity index (χ2n) is 39.6. The zero-order valence-corrected chi connectivity index (χ0v) is 72.7. The van der Waals surface area contributed by atoms with Crippen LogP contribution in [0.1, 0.15) is 154 Å². The van der Waals surface area contributed by atoms with Gasteiger partial charge in [0, 0.05) is 77.8 Å². The van der Waals surface area contributed by atoms with Gasteiger partial charge in [-0.2, -0.15) is 0 Å². The largest absolute Gasteiger partial charge is 0.455 e. The van der Waals surface area contributed by atoms with Gasteiger partial charge in [-0.25, -0.2) is 0 Å². The summed E-state index contributed by atoms with van der Waals surface area (Å²) in [5, 5.41) is 4.65. The number of para-hydroxylation sites is 5. The third-order valence-electron chi connectivity index (χ3n) is 26.9. The molecule has 21 rings (SSSR count). The molecule has 3 aliphatic rings. The number of furan rings is 1. The number of aromatic nitrogens is 1. The quantitative estimate of drug-likeness (QED) is 0.128. The first-order chi connectivity index (χ1) is 58.7. The molecule has 2 aliphatic heterocycles. The third-order valence-corrected chi connectivity index (χ3v) is 26.9. The number of benzene rings is 16. The summed E-state index contributed by atoms with van der Waals surface area (Å²) in [6.45, 7) is 34.7. The van der Waals surface area contributed by atoms with E-state index in [1.165, 1.54) is 88.4 Å². The summed E-state index contributed by atoms with van der Waals surface area (Å²) < 4.78 is 9.70. The highest BCUT2D eigenvalue weighted by atomic mass is 16.3. The fourth-order valence-corrected chi connectivity index (χ4v) is 20.6. The van der Waals surface area contributed by atoms with E-state index in [4.69, 9.17) is 4.42 Å². The van der Waals surface area contributed by atoms with Gasteiger partial charge in [-0.15, -0.1) is 0 Å². The van der Waals surface area contributed by atoms with Crippen LogP contribution < -0.4 is 26.2 Å². The minimum atomic E-state index is -0.663. The van der Waals surface area contributed by atoms with Crippen LogP contribution >= 0.6 is 0 Å². The lowest BCUT2D eigenvalue weighted by Gasteiger charge is -2.46. The third kappa shape index (κ3) is 12.1. The van der Waals surface area contributed by atoms with Crippen LogP contribution in [0.5, 0.6) is 0 Å². The number of nitrogens with zero attached hydrogens (tertiary/aromatic N) is 3. The monoisotopic (exact) mass is 1580 g/mol. The van der Waals surface area contributed by atoms with E-state index >= 15 is 0 Å². The normalized spacial score (nSPS) is 13.7. The SMILES string of the molecule is CC(C)(C)c1ccc(-c2cccc(-c3ccc(C(C)(C)C)cc3)c2N2c3ccc(-c4cccc5c4oc4ccccc45)cc3B3c4ccc(-n5c6ccccc6c6c7c(ccc65)-c5ccccc5C7(c5ccccc5)c5ccccc5)cc4N(c4c(-c5ccc(C(C)(C)C)cc5)cccc4-c4ccc(C(C)(C)C)cc4)c4cc(C(C)(C)C)cc2c43)cc1. The molecule has 0 spiro atoms. The van der Waals surface area contributed by atoms with Crippen molar-refractivity contribution in [3.63, 3.8) is 0 Å². The Labute approximate surface area is 719 Å². The molecule has 0 fully saturated rings. The molecule has 0 atom stereocenters. The first-order valence-electron chi connectivity index (χ1n) is 43.6. The average molecular weight is 1580 g/mol. The highest BCUT2D eigenvalue weighted by molar-refractivity contribution is 7.00. The lowest BCUT2D eigenvalue weighted by molar-refractivity contribution is 0.590. The molecule has 2 aromatic heterocycles. The molecule has 0 unspecified atom stereocenters. The van der Waals surface area contributed by atoms with E-state index in [-0.39, 0.29) is 33.8 Å². The fraction of sp³-hybridized carbons (Fsp3) is 0.179. The summed E-state index contributed by atoms with van der Waals surface area (Å²) in [4.78, 5) is 5.47. The Kier molecular flexibility index (Phi) is 17.4. The Bertz CT molecular complexity index is 7040. The topological polar surface area (TPSA) is 24.6 Å². The van der Waals surface area contributed by atoms with Gasteiger partial charge in [-0.3, -0.25) is 0 Å². The van der Waals surface area contributed by atoms with E-state index in [1.807, 2.05) is 0 Å². The van der Waals surface area contributed by atoms with Crippen molar-refractivity contribution in [2.75, 3.05) is 9.80 Å². The van der Waals surface area contributed by atoms with Crippen molar-refractivity contribution in [1.82, 2.24) is 4.57 Å². The van der Waals surface area contributed by atoms with Gasteiger partial charge in [0.2, 0.25) is 0 Å². The highest BCUT2D eigenvalue weighted by Gasteiger charge is 2.50. The van der Waals surface area contributed by atoms with Gasteiger partial charge < -0.3 is 18.8 Å². The molecule has 0 saturated carbocycles. The summed E-state index contributed by atoms with van der Waals surface area (Å²) >= 11 is 0. The predicted molar refractivity (Wildman–Crippen MR) is 520 cm³/mol. The van der Waals surface area contributed by atoms with E-state index in [2.05, 4.69) is 464 Å².